The van der Waals surface area contributed by atoms with Crippen LogP contribution in [0.2, 0.25) is 0 Å². The Labute approximate surface area is 234 Å². The Kier molecular flexibility index (Phi) is 8.28. The van der Waals surface area contributed by atoms with Crippen molar-refractivity contribution in [1.82, 2.24) is 19.4 Å². The minimum Gasteiger partial charge on any atom is -0.494 e. The third-order valence-corrected chi connectivity index (χ3v) is 6.87. The summed E-state index contributed by atoms with van der Waals surface area (Å²) in [6, 6.07) is 13.8. The highest BCUT2D eigenvalue weighted by atomic mass is 16.5. The molecule has 0 spiro atoms. The monoisotopic (exact) mass is 541 g/mol. The topological polar surface area (TPSA) is 96.8 Å². The van der Waals surface area contributed by atoms with Crippen LogP contribution in [-0.2, 0) is 16.6 Å². The van der Waals surface area contributed by atoms with E-state index in [0.717, 1.165) is 54.2 Å². The number of nitrogens with one attached hydrogen (secondary N) is 2. The van der Waals surface area contributed by atoms with E-state index in [-0.39, 0.29) is 5.91 Å². The average molecular weight is 542 g/mol. The predicted molar refractivity (Wildman–Crippen MR) is 160 cm³/mol. The number of amides is 1. The zero-order chi connectivity index (χ0) is 28.1. The van der Waals surface area contributed by atoms with Crippen molar-refractivity contribution < 1.29 is 14.3 Å². The van der Waals surface area contributed by atoms with Gasteiger partial charge in [-0.25, -0.2) is 9.97 Å². The Balaban J connectivity index is 1.39. The van der Waals surface area contributed by atoms with E-state index in [1.54, 1.807) is 19.4 Å². The highest BCUT2D eigenvalue weighted by molar-refractivity contribution is 6.02. The van der Waals surface area contributed by atoms with Gasteiger partial charge in [0.1, 0.15) is 5.75 Å². The summed E-state index contributed by atoms with van der Waals surface area (Å²) >= 11 is 0. The van der Waals surface area contributed by atoms with E-state index < -0.39 is 0 Å². The zero-order valence-corrected chi connectivity index (χ0v) is 23.3. The number of ether oxygens (including phenoxy) is 2. The molecule has 2 aromatic carbocycles. The SMILES string of the molecule is COc1cc(N(C)C)c(NC(=O)/C=C/CN2CCOCC2)cc1Nc1nccc(-c2cn(C)c3ccccc23)n1. The summed E-state index contributed by atoms with van der Waals surface area (Å²) in [7, 11) is 7.47. The molecule has 208 valence electrons. The third-order valence-electron chi connectivity index (χ3n) is 6.87. The first-order valence-corrected chi connectivity index (χ1v) is 13.2. The molecule has 40 heavy (non-hydrogen) atoms. The first-order valence-electron chi connectivity index (χ1n) is 13.2. The van der Waals surface area contributed by atoms with E-state index in [1.165, 1.54) is 0 Å². The van der Waals surface area contributed by atoms with E-state index in [2.05, 4.69) is 43.4 Å². The van der Waals surface area contributed by atoms with E-state index in [1.807, 2.05) is 62.5 Å². The first-order chi connectivity index (χ1) is 19.4. The lowest BCUT2D eigenvalue weighted by atomic mass is 10.1. The van der Waals surface area contributed by atoms with Gasteiger partial charge in [0.15, 0.2) is 0 Å². The van der Waals surface area contributed by atoms with Crippen molar-refractivity contribution in [2.24, 2.45) is 7.05 Å². The molecule has 4 aromatic rings. The summed E-state index contributed by atoms with van der Waals surface area (Å²) in [6.45, 7) is 3.89. The van der Waals surface area contributed by atoms with Gasteiger partial charge in [0.25, 0.3) is 0 Å². The summed E-state index contributed by atoms with van der Waals surface area (Å²) in [5.41, 5.74) is 5.04. The average Bonchev–Trinajstić information content (AvgIpc) is 3.30. The molecule has 1 saturated heterocycles. The number of aryl methyl sites for hydroxylation is 1. The van der Waals surface area contributed by atoms with Gasteiger partial charge in [-0.15, -0.1) is 0 Å². The molecule has 0 bridgehead atoms. The highest BCUT2D eigenvalue weighted by Gasteiger charge is 2.16. The molecule has 1 aliphatic heterocycles. The van der Waals surface area contributed by atoms with Crippen LogP contribution in [0.3, 0.4) is 0 Å². The van der Waals surface area contributed by atoms with Crippen LogP contribution in [0.25, 0.3) is 22.2 Å². The maximum atomic E-state index is 12.8. The molecule has 10 heteroatoms. The van der Waals surface area contributed by atoms with E-state index in [0.29, 0.717) is 29.6 Å². The maximum Gasteiger partial charge on any atom is 0.248 e. The lowest BCUT2D eigenvalue weighted by Gasteiger charge is -2.25. The Morgan fingerprint density at radius 3 is 2.73 bits per heavy atom. The molecule has 1 aliphatic rings. The van der Waals surface area contributed by atoms with Gasteiger partial charge in [-0.3, -0.25) is 9.69 Å². The number of carbonyl (C=O) groups excluding carboxylic acids is 1. The molecule has 10 nitrogen and oxygen atoms in total. The molecular weight excluding hydrogens is 506 g/mol. The number of nitrogens with zero attached hydrogens (tertiary/aromatic N) is 5. The van der Waals surface area contributed by atoms with Gasteiger partial charge < -0.3 is 29.6 Å². The number of benzene rings is 2. The molecule has 0 saturated carbocycles. The lowest BCUT2D eigenvalue weighted by molar-refractivity contribution is -0.111. The molecular formula is C30H35N7O3. The van der Waals surface area contributed by atoms with Gasteiger partial charge in [-0.05, 0) is 18.2 Å². The van der Waals surface area contributed by atoms with Crippen molar-refractivity contribution in [3.8, 4) is 17.0 Å². The van der Waals surface area contributed by atoms with Gasteiger partial charge in [-0.2, -0.15) is 0 Å². The van der Waals surface area contributed by atoms with Gasteiger partial charge >= 0.3 is 0 Å². The van der Waals surface area contributed by atoms with Gasteiger partial charge in [-0.1, -0.05) is 24.3 Å². The first kappa shape index (κ1) is 27.2. The van der Waals surface area contributed by atoms with Gasteiger partial charge in [0, 0.05) is 81.8 Å². The van der Waals surface area contributed by atoms with E-state index in [9.17, 15) is 4.79 Å². The largest absolute Gasteiger partial charge is 0.494 e. The molecule has 0 atom stereocenters. The molecule has 0 aliphatic carbocycles. The number of hydrogen-bond acceptors (Lipinski definition) is 8. The Hall–Kier alpha value is -4.41. The molecule has 1 fully saturated rings. The number of carbonyl (C=O) groups is 1. The van der Waals surface area contributed by atoms with Gasteiger partial charge in [0.05, 0.1) is 43.1 Å². The van der Waals surface area contributed by atoms with Crippen LogP contribution in [0.4, 0.5) is 23.0 Å². The number of hydrogen-bond donors (Lipinski definition) is 2. The number of anilines is 4. The Morgan fingerprint density at radius 1 is 1.15 bits per heavy atom. The number of aromatic nitrogens is 3. The minimum atomic E-state index is -0.207. The smallest absolute Gasteiger partial charge is 0.248 e. The fraction of sp³-hybridized carbons (Fsp3) is 0.300. The Bertz CT molecular complexity index is 1520. The van der Waals surface area contributed by atoms with Crippen LogP contribution in [-0.4, -0.2) is 79.4 Å². The summed E-state index contributed by atoms with van der Waals surface area (Å²) in [5, 5.41) is 7.43. The highest BCUT2D eigenvalue weighted by Crippen LogP contribution is 2.38. The quantitative estimate of drug-likeness (QED) is 0.303. The fourth-order valence-corrected chi connectivity index (χ4v) is 4.81. The second-order valence-electron chi connectivity index (χ2n) is 9.83. The lowest BCUT2D eigenvalue weighted by Crippen LogP contribution is -2.36. The molecule has 2 N–H and O–H groups in total. The van der Waals surface area contributed by atoms with Crippen LogP contribution < -0.4 is 20.3 Å². The molecule has 0 radical (unpaired) electrons. The van der Waals surface area contributed by atoms with E-state index in [4.69, 9.17) is 14.5 Å². The molecule has 3 heterocycles. The van der Waals surface area contributed by atoms with Crippen molar-refractivity contribution >= 4 is 39.8 Å². The number of morpholine rings is 1. The van der Waals surface area contributed by atoms with Crippen molar-refractivity contribution in [3.05, 3.63) is 67.0 Å². The second kappa shape index (κ2) is 12.2. The molecule has 0 unspecified atom stereocenters. The van der Waals surface area contributed by atoms with E-state index >= 15 is 0 Å². The number of fused-ring (bicyclic) bond motifs is 1. The number of para-hydroxylation sites is 1. The van der Waals surface area contributed by atoms with Crippen molar-refractivity contribution in [1.29, 1.82) is 0 Å². The minimum absolute atomic E-state index is 0.207. The standard InChI is InChI=1S/C30H35N7O3/c1-35(2)27-19-28(39-4)25(18-24(27)32-29(38)10-7-13-37-14-16-40-17-15-37)34-30-31-12-11-23(33-30)22-20-36(3)26-9-6-5-8-21(22)26/h5-12,18-20H,13-17H2,1-4H3,(H,32,38)(H,31,33,34)/b10-7+. The molecule has 1 amide bonds. The summed E-state index contributed by atoms with van der Waals surface area (Å²) in [4.78, 5) is 26.2. The van der Waals surface area contributed by atoms with Crippen LogP contribution >= 0.6 is 0 Å². The van der Waals surface area contributed by atoms with Crippen LogP contribution in [0.5, 0.6) is 5.75 Å². The van der Waals surface area contributed by atoms with Crippen LogP contribution in [0, 0.1) is 0 Å². The fourth-order valence-electron chi connectivity index (χ4n) is 4.81. The third kappa shape index (κ3) is 6.08. The Morgan fingerprint density at radius 2 is 1.95 bits per heavy atom. The second-order valence-corrected chi connectivity index (χ2v) is 9.83. The summed E-state index contributed by atoms with van der Waals surface area (Å²) < 4.78 is 13.2. The van der Waals surface area contributed by atoms with Crippen LogP contribution in [0.1, 0.15) is 0 Å². The summed E-state index contributed by atoms with van der Waals surface area (Å²) in [6.07, 6.45) is 7.26. The normalized spacial score (nSPS) is 14.0. The van der Waals surface area contributed by atoms with Crippen molar-refractivity contribution in [2.75, 3.05) is 69.6 Å². The predicted octanol–water partition coefficient (Wildman–Crippen LogP) is 4.28. The number of methoxy groups -OCH3 is 1. The summed E-state index contributed by atoms with van der Waals surface area (Å²) in [5.74, 6) is 0.814. The number of rotatable bonds is 9. The molecule has 2 aromatic heterocycles. The maximum absolute atomic E-state index is 12.8. The zero-order valence-electron chi connectivity index (χ0n) is 23.3. The molecule has 5 rings (SSSR count). The van der Waals surface area contributed by atoms with Crippen molar-refractivity contribution in [3.63, 3.8) is 0 Å². The van der Waals surface area contributed by atoms with Crippen LogP contribution in [0.15, 0.2) is 67.0 Å². The van der Waals surface area contributed by atoms with Gasteiger partial charge in [0.2, 0.25) is 11.9 Å². The van der Waals surface area contributed by atoms with Crippen molar-refractivity contribution in [2.45, 2.75) is 0 Å².